The molecule has 0 radical (unpaired) electrons. The molecule has 1 atom stereocenters. The number of ether oxygens (including phenoxy) is 1. The highest BCUT2D eigenvalue weighted by Gasteiger charge is 2.18. The highest BCUT2D eigenvalue weighted by atomic mass is 16.5. The molecule has 0 aromatic heterocycles. The summed E-state index contributed by atoms with van der Waals surface area (Å²) in [5, 5.41) is 11.4. The van der Waals surface area contributed by atoms with Crippen molar-refractivity contribution >= 4 is 12.0 Å². The molecule has 19 heavy (non-hydrogen) atoms. The van der Waals surface area contributed by atoms with Gasteiger partial charge in [-0.2, -0.15) is 0 Å². The van der Waals surface area contributed by atoms with Gasteiger partial charge in [0.25, 0.3) is 0 Å². The number of hydrogen-bond acceptors (Lipinski definition) is 3. The molecule has 112 valence electrons. The third-order valence-electron chi connectivity index (χ3n) is 2.85. The molecule has 0 aliphatic rings. The zero-order valence-electron chi connectivity index (χ0n) is 12.3. The summed E-state index contributed by atoms with van der Waals surface area (Å²) in [6.07, 6.45) is 0.529. The first-order chi connectivity index (χ1) is 8.88. The van der Waals surface area contributed by atoms with Gasteiger partial charge in [0.2, 0.25) is 0 Å². The fraction of sp³-hybridized carbons (Fsp3) is 0.846. The van der Waals surface area contributed by atoms with Gasteiger partial charge in [0.05, 0.1) is 12.6 Å². The number of carbonyl (C=O) groups is 2. The molecule has 0 spiro atoms. The molecule has 0 bridgehead atoms. The van der Waals surface area contributed by atoms with E-state index in [0.717, 1.165) is 0 Å². The fourth-order valence-electron chi connectivity index (χ4n) is 1.48. The Hall–Kier alpha value is -1.30. The number of carbonyl (C=O) groups excluding carboxylic acids is 1. The van der Waals surface area contributed by atoms with Crippen LogP contribution in [0.25, 0.3) is 0 Å². The van der Waals surface area contributed by atoms with Crippen LogP contribution in [0.15, 0.2) is 0 Å². The number of carboxylic acids is 1. The normalized spacial score (nSPS) is 12.3. The predicted molar refractivity (Wildman–Crippen MR) is 73.2 cm³/mol. The van der Waals surface area contributed by atoms with Crippen molar-refractivity contribution in [3.05, 3.63) is 0 Å². The summed E-state index contributed by atoms with van der Waals surface area (Å²) in [6, 6.07) is -0.224. The topological polar surface area (TPSA) is 78.9 Å². The van der Waals surface area contributed by atoms with Crippen LogP contribution >= 0.6 is 0 Å². The van der Waals surface area contributed by atoms with Gasteiger partial charge >= 0.3 is 12.0 Å². The third kappa shape index (κ3) is 8.42. The smallest absolute Gasteiger partial charge is 0.317 e. The highest BCUT2D eigenvalue weighted by Crippen LogP contribution is 2.03. The molecule has 6 heteroatoms. The van der Waals surface area contributed by atoms with Gasteiger partial charge in [-0.3, -0.25) is 4.79 Å². The number of carboxylic acid groups (broad SMARTS) is 1. The van der Waals surface area contributed by atoms with Crippen LogP contribution < -0.4 is 5.32 Å². The van der Waals surface area contributed by atoms with E-state index < -0.39 is 5.97 Å². The van der Waals surface area contributed by atoms with Crippen molar-refractivity contribution in [2.24, 2.45) is 5.92 Å². The number of nitrogens with zero attached hydrogens (tertiary/aromatic N) is 1. The first-order valence-corrected chi connectivity index (χ1v) is 6.69. The minimum absolute atomic E-state index is 0.0330. The van der Waals surface area contributed by atoms with E-state index in [2.05, 4.69) is 5.32 Å². The molecule has 0 fully saturated rings. The monoisotopic (exact) mass is 274 g/mol. The second kappa shape index (κ2) is 9.61. The van der Waals surface area contributed by atoms with Crippen LogP contribution in [-0.2, 0) is 9.53 Å². The maximum Gasteiger partial charge on any atom is 0.317 e. The van der Waals surface area contributed by atoms with E-state index in [1.54, 1.807) is 7.05 Å². The van der Waals surface area contributed by atoms with Crippen molar-refractivity contribution < 1.29 is 19.4 Å². The van der Waals surface area contributed by atoms with E-state index in [4.69, 9.17) is 9.84 Å². The van der Waals surface area contributed by atoms with E-state index in [9.17, 15) is 9.59 Å². The SMILES string of the molecule is CCOCC(NC(=O)N(C)CCCC(=O)O)C(C)C. The van der Waals surface area contributed by atoms with Crippen molar-refractivity contribution in [2.45, 2.75) is 39.7 Å². The zero-order chi connectivity index (χ0) is 14.8. The summed E-state index contributed by atoms with van der Waals surface area (Å²) in [5.74, 6) is -0.562. The van der Waals surface area contributed by atoms with Crippen LogP contribution in [-0.4, -0.2) is 54.9 Å². The van der Waals surface area contributed by atoms with Crippen molar-refractivity contribution in [2.75, 3.05) is 26.8 Å². The van der Waals surface area contributed by atoms with Gasteiger partial charge < -0.3 is 20.1 Å². The Labute approximate surface area is 115 Å². The lowest BCUT2D eigenvalue weighted by Crippen LogP contribution is -2.47. The van der Waals surface area contributed by atoms with Crippen molar-refractivity contribution in [1.29, 1.82) is 0 Å². The van der Waals surface area contributed by atoms with Gasteiger partial charge in [0.15, 0.2) is 0 Å². The molecular formula is C13H26N2O4. The second-order valence-corrected chi connectivity index (χ2v) is 4.88. The van der Waals surface area contributed by atoms with Crippen LogP contribution in [0.5, 0.6) is 0 Å². The summed E-state index contributed by atoms with van der Waals surface area (Å²) < 4.78 is 5.34. The molecule has 0 aromatic rings. The molecule has 2 amide bonds. The quantitative estimate of drug-likeness (QED) is 0.668. The molecule has 0 heterocycles. The van der Waals surface area contributed by atoms with Crippen LogP contribution in [0.4, 0.5) is 4.79 Å². The maximum atomic E-state index is 11.9. The van der Waals surface area contributed by atoms with Crippen molar-refractivity contribution in [3.8, 4) is 0 Å². The van der Waals surface area contributed by atoms with Crippen molar-refractivity contribution in [3.63, 3.8) is 0 Å². The molecule has 0 saturated heterocycles. The Balaban J connectivity index is 4.11. The molecule has 6 nitrogen and oxygen atoms in total. The lowest BCUT2D eigenvalue weighted by molar-refractivity contribution is -0.137. The molecule has 0 aromatic carbocycles. The van der Waals surface area contributed by atoms with E-state index in [0.29, 0.717) is 26.2 Å². The van der Waals surface area contributed by atoms with Gasteiger partial charge in [-0.25, -0.2) is 4.79 Å². The second-order valence-electron chi connectivity index (χ2n) is 4.88. The molecule has 0 aliphatic heterocycles. The van der Waals surface area contributed by atoms with Crippen LogP contribution in [0.2, 0.25) is 0 Å². The Morgan fingerprint density at radius 3 is 2.47 bits per heavy atom. The van der Waals surface area contributed by atoms with Gasteiger partial charge in [-0.15, -0.1) is 0 Å². The molecule has 2 N–H and O–H groups in total. The molecule has 1 unspecified atom stereocenters. The lowest BCUT2D eigenvalue weighted by Gasteiger charge is -2.25. The number of urea groups is 1. The Bertz CT molecular complexity index is 282. The first-order valence-electron chi connectivity index (χ1n) is 6.69. The minimum atomic E-state index is -0.842. The summed E-state index contributed by atoms with van der Waals surface area (Å²) in [6.45, 7) is 7.49. The maximum absolute atomic E-state index is 11.9. The Morgan fingerprint density at radius 2 is 2.00 bits per heavy atom. The van der Waals surface area contributed by atoms with Crippen LogP contribution in [0, 0.1) is 5.92 Å². The third-order valence-corrected chi connectivity index (χ3v) is 2.85. The average molecular weight is 274 g/mol. The van der Waals surface area contributed by atoms with Crippen molar-refractivity contribution in [1.82, 2.24) is 10.2 Å². The standard InChI is InChI=1S/C13H26N2O4/c1-5-19-9-11(10(2)3)14-13(18)15(4)8-6-7-12(16)17/h10-11H,5-9H2,1-4H3,(H,14,18)(H,16,17). The van der Waals surface area contributed by atoms with E-state index >= 15 is 0 Å². The Kier molecular flexibility index (Phi) is 8.95. The largest absolute Gasteiger partial charge is 0.481 e. The molecule has 0 aliphatic carbocycles. The minimum Gasteiger partial charge on any atom is -0.481 e. The lowest BCUT2D eigenvalue weighted by atomic mass is 10.1. The van der Waals surface area contributed by atoms with Crippen LogP contribution in [0.3, 0.4) is 0 Å². The first kappa shape index (κ1) is 17.7. The van der Waals surface area contributed by atoms with E-state index in [-0.39, 0.29) is 24.4 Å². The van der Waals surface area contributed by atoms with Gasteiger partial charge in [-0.1, -0.05) is 13.8 Å². The zero-order valence-corrected chi connectivity index (χ0v) is 12.3. The van der Waals surface area contributed by atoms with Gasteiger partial charge in [-0.05, 0) is 19.3 Å². The number of hydrogen-bond donors (Lipinski definition) is 2. The average Bonchev–Trinajstić information content (AvgIpc) is 2.33. The van der Waals surface area contributed by atoms with E-state index in [1.165, 1.54) is 4.90 Å². The molecule has 0 saturated carbocycles. The number of aliphatic carboxylic acids is 1. The summed E-state index contributed by atoms with van der Waals surface area (Å²) in [5.41, 5.74) is 0. The summed E-state index contributed by atoms with van der Waals surface area (Å²) in [4.78, 5) is 23.8. The van der Waals surface area contributed by atoms with Crippen LogP contribution in [0.1, 0.15) is 33.6 Å². The fourth-order valence-corrected chi connectivity index (χ4v) is 1.48. The number of nitrogens with one attached hydrogen (secondary N) is 1. The molecular weight excluding hydrogens is 248 g/mol. The van der Waals surface area contributed by atoms with Gasteiger partial charge in [0.1, 0.15) is 0 Å². The Morgan fingerprint density at radius 1 is 1.37 bits per heavy atom. The highest BCUT2D eigenvalue weighted by molar-refractivity contribution is 5.74. The van der Waals surface area contributed by atoms with E-state index in [1.807, 2.05) is 20.8 Å². The summed E-state index contributed by atoms with van der Waals surface area (Å²) >= 11 is 0. The number of rotatable bonds is 9. The number of amides is 2. The summed E-state index contributed by atoms with van der Waals surface area (Å²) in [7, 11) is 1.66. The predicted octanol–water partition coefficient (Wildman–Crippen LogP) is 1.55. The van der Waals surface area contributed by atoms with Gasteiger partial charge in [0, 0.05) is 26.6 Å². The molecule has 0 rings (SSSR count).